The number of nitrogens with zero attached hydrogens (tertiary/aromatic N) is 1. The second-order valence-electron chi connectivity index (χ2n) is 7.85. The van der Waals surface area contributed by atoms with E-state index in [1.165, 1.54) is 12.1 Å². The molecule has 2 aromatic rings. The molecular formula is C21H21F4N3O5. The predicted molar refractivity (Wildman–Crippen MR) is 110 cm³/mol. The first kappa shape index (κ1) is 24.2. The lowest BCUT2D eigenvalue weighted by molar-refractivity contribution is -0.192. The van der Waals surface area contributed by atoms with Crippen LogP contribution in [0.25, 0.3) is 11.3 Å². The van der Waals surface area contributed by atoms with E-state index in [0.717, 1.165) is 18.8 Å². The van der Waals surface area contributed by atoms with Gasteiger partial charge in [-0.25, -0.2) is 14.0 Å². The summed E-state index contributed by atoms with van der Waals surface area (Å²) in [6, 6.07) is 6.53. The van der Waals surface area contributed by atoms with Crippen LogP contribution < -0.4 is 16.2 Å². The standard InChI is InChI=1S/C19H20FN3O3.C2HF3O2/c1-2-9-5-12(19(25)26)18(24)22-17(9)11-4-3-10(6-15(11)20)23-7-13-14(8-23)16(13)21;3-2(4,5)1(6)7/h3-6,13-14,16H,2,7-8,21H2,1H3,(H,22,24)(H,25,26);(H,6,7)/t13-,14+,16+;. The molecule has 2 heterocycles. The Bertz CT molecular complexity index is 1140. The molecule has 0 spiro atoms. The topological polar surface area (TPSA) is 137 Å². The molecule has 0 unspecified atom stereocenters. The maximum atomic E-state index is 14.8. The van der Waals surface area contributed by atoms with Gasteiger partial charge in [-0.3, -0.25) is 4.79 Å². The van der Waals surface area contributed by atoms with Crippen LogP contribution in [-0.4, -0.2) is 52.4 Å². The van der Waals surface area contributed by atoms with Gasteiger partial charge in [0.1, 0.15) is 11.4 Å². The van der Waals surface area contributed by atoms with Gasteiger partial charge in [0.15, 0.2) is 0 Å². The number of aryl methyl sites for hydroxylation is 1. The van der Waals surface area contributed by atoms with Crippen molar-refractivity contribution in [1.29, 1.82) is 0 Å². The molecule has 2 aliphatic rings. The van der Waals surface area contributed by atoms with E-state index in [-0.39, 0.29) is 17.2 Å². The highest BCUT2D eigenvalue weighted by Crippen LogP contribution is 2.45. The zero-order valence-electron chi connectivity index (χ0n) is 17.3. The van der Waals surface area contributed by atoms with Crippen LogP contribution in [0, 0.1) is 17.7 Å². The lowest BCUT2D eigenvalue weighted by Gasteiger charge is -2.22. The van der Waals surface area contributed by atoms with Crippen LogP contribution in [0.2, 0.25) is 0 Å². The van der Waals surface area contributed by atoms with Crippen LogP contribution in [0.3, 0.4) is 0 Å². The van der Waals surface area contributed by atoms with Crippen LogP contribution in [0.1, 0.15) is 22.8 Å². The fraction of sp³-hybridized carbons (Fsp3) is 0.381. The average molecular weight is 471 g/mol. The van der Waals surface area contributed by atoms with E-state index in [4.69, 9.17) is 20.7 Å². The molecule has 4 rings (SSSR count). The molecule has 12 heteroatoms. The second kappa shape index (κ2) is 8.85. The van der Waals surface area contributed by atoms with Gasteiger partial charge in [0.05, 0.1) is 5.69 Å². The second-order valence-corrected chi connectivity index (χ2v) is 7.85. The number of halogens is 4. The van der Waals surface area contributed by atoms with E-state index >= 15 is 0 Å². The van der Waals surface area contributed by atoms with Crippen molar-refractivity contribution in [1.82, 2.24) is 4.98 Å². The molecule has 1 saturated heterocycles. The highest BCUT2D eigenvalue weighted by atomic mass is 19.4. The molecule has 3 atom stereocenters. The van der Waals surface area contributed by atoms with Crippen molar-refractivity contribution in [3.8, 4) is 11.3 Å². The maximum Gasteiger partial charge on any atom is 0.490 e. The molecule has 1 aromatic heterocycles. The van der Waals surface area contributed by atoms with E-state index in [2.05, 4.69) is 9.88 Å². The van der Waals surface area contributed by atoms with E-state index in [0.29, 0.717) is 29.5 Å². The van der Waals surface area contributed by atoms with Crippen molar-refractivity contribution in [2.45, 2.75) is 25.6 Å². The molecule has 33 heavy (non-hydrogen) atoms. The average Bonchev–Trinajstić information content (AvgIpc) is 3.12. The number of fused-ring (bicyclic) bond motifs is 1. The van der Waals surface area contributed by atoms with Crippen LogP contribution in [-0.2, 0) is 11.2 Å². The molecular weight excluding hydrogens is 450 g/mol. The number of piperidine rings is 1. The minimum absolute atomic E-state index is 0.265. The van der Waals surface area contributed by atoms with E-state index in [1.54, 1.807) is 6.07 Å². The Morgan fingerprint density at radius 3 is 2.21 bits per heavy atom. The molecule has 0 amide bonds. The number of rotatable bonds is 4. The van der Waals surface area contributed by atoms with Gasteiger partial charge in [-0.15, -0.1) is 0 Å². The number of benzene rings is 1. The fourth-order valence-corrected chi connectivity index (χ4v) is 3.94. The first-order chi connectivity index (χ1) is 15.3. The van der Waals surface area contributed by atoms with Gasteiger partial charge < -0.3 is 25.8 Å². The molecule has 1 aromatic carbocycles. The van der Waals surface area contributed by atoms with Crippen molar-refractivity contribution >= 4 is 17.6 Å². The van der Waals surface area contributed by atoms with Gasteiger partial charge in [-0.2, -0.15) is 13.2 Å². The lowest BCUT2D eigenvalue weighted by Crippen LogP contribution is -2.28. The maximum absolute atomic E-state index is 14.8. The minimum atomic E-state index is -5.08. The highest BCUT2D eigenvalue weighted by Gasteiger charge is 2.53. The Labute approximate surface area is 184 Å². The summed E-state index contributed by atoms with van der Waals surface area (Å²) in [7, 11) is 0. The Kier molecular flexibility index (Phi) is 6.50. The highest BCUT2D eigenvalue weighted by molar-refractivity contribution is 5.88. The Morgan fingerprint density at radius 1 is 1.18 bits per heavy atom. The number of hydrogen-bond donors (Lipinski definition) is 4. The number of H-pyrrole nitrogens is 1. The summed E-state index contributed by atoms with van der Waals surface area (Å²) >= 11 is 0. The fourth-order valence-electron chi connectivity index (χ4n) is 3.94. The molecule has 1 aliphatic carbocycles. The third kappa shape index (κ3) is 5.00. The van der Waals surface area contributed by atoms with Crippen molar-refractivity contribution in [3.05, 3.63) is 51.6 Å². The molecule has 0 radical (unpaired) electrons. The summed E-state index contributed by atoms with van der Waals surface area (Å²) in [5.41, 5.74) is 6.85. The third-order valence-corrected chi connectivity index (χ3v) is 5.82. The monoisotopic (exact) mass is 471 g/mol. The zero-order chi connectivity index (χ0) is 24.7. The number of aliphatic carboxylic acids is 1. The number of carbonyl (C=O) groups is 2. The Hall–Kier alpha value is -3.41. The Morgan fingerprint density at radius 2 is 1.76 bits per heavy atom. The number of anilines is 1. The number of aromatic amines is 1. The summed E-state index contributed by atoms with van der Waals surface area (Å²) in [4.78, 5) is 36.7. The van der Waals surface area contributed by atoms with Crippen molar-refractivity contribution < 1.29 is 37.4 Å². The first-order valence-corrected chi connectivity index (χ1v) is 9.95. The van der Waals surface area contributed by atoms with E-state index in [1.807, 2.05) is 13.0 Å². The number of nitrogens with one attached hydrogen (secondary N) is 1. The number of nitrogens with two attached hydrogens (primary N) is 1. The smallest absolute Gasteiger partial charge is 0.477 e. The number of carboxylic acids is 2. The molecule has 5 N–H and O–H groups in total. The summed E-state index contributed by atoms with van der Waals surface area (Å²) in [6.45, 7) is 3.51. The Balaban J connectivity index is 0.000000383. The molecule has 1 saturated carbocycles. The molecule has 1 aliphatic heterocycles. The van der Waals surface area contributed by atoms with Gasteiger partial charge in [0, 0.05) is 30.4 Å². The van der Waals surface area contributed by atoms with Crippen molar-refractivity contribution in [2.75, 3.05) is 18.0 Å². The van der Waals surface area contributed by atoms with Gasteiger partial charge in [0.25, 0.3) is 5.56 Å². The summed E-state index contributed by atoms with van der Waals surface area (Å²) in [5, 5.41) is 16.2. The van der Waals surface area contributed by atoms with Crippen LogP contribution in [0.15, 0.2) is 29.1 Å². The number of aromatic nitrogens is 1. The lowest BCUT2D eigenvalue weighted by atomic mass is 10.0. The number of pyridine rings is 1. The first-order valence-electron chi connectivity index (χ1n) is 9.95. The van der Waals surface area contributed by atoms with E-state index in [9.17, 15) is 27.2 Å². The summed E-state index contributed by atoms with van der Waals surface area (Å²) in [5.74, 6) is -3.49. The van der Waals surface area contributed by atoms with Gasteiger partial charge in [0.2, 0.25) is 0 Å². The van der Waals surface area contributed by atoms with Crippen LogP contribution in [0.4, 0.5) is 23.2 Å². The molecule has 2 fully saturated rings. The zero-order valence-corrected chi connectivity index (χ0v) is 17.3. The minimum Gasteiger partial charge on any atom is -0.477 e. The summed E-state index contributed by atoms with van der Waals surface area (Å²) < 4.78 is 46.5. The van der Waals surface area contributed by atoms with Crippen LogP contribution >= 0.6 is 0 Å². The predicted octanol–water partition coefficient (Wildman–Crippen LogP) is 2.47. The third-order valence-electron chi connectivity index (χ3n) is 5.82. The number of aromatic carboxylic acids is 1. The van der Waals surface area contributed by atoms with Gasteiger partial charge in [-0.05, 0) is 48.1 Å². The van der Waals surface area contributed by atoms with Gasteiger partial charge in [-0.1, -0.05) is 6.92 Å². The summed E-state index contributed by atoms with van der Waals surface area (Å²) in [6.07, 6.45) is -4.61. The normalized spacial score (nSPS) is 21.2. The quantitative estimate of drug-likeness (QED) is 0.503. The molecule has 178 valence electrons. The van der Waals surface area contributed by atoms with Crippen LogP contribution in [0.5, 0.6) is 0 Å². The molecule has 8 nitrogen and oxygen atoms in total. The number of alkyl halides is 3. The van der Waals surface area contributed by atoms with Crippen molar-refractivity contribution in [2.24, 2.45) is 17.6 Å². The van der Waals surface area contributed by atoms with Crippen molar-refractivity contribution in [3.63, 3.8) is 0 Å². The van der Waals surface area contributed by atoms with E-state index < -0.39 is 29.5 Å². The SMILES string of the molecule is CCc1cc(C(=O)O)c(=O)[nH]c1-c1ccc(N2C[C@@H]3[C@@H](N)[C@@H]3C2)cc1F.O=C(O)C(F)(F)F. The van der Waals surface area contributed by atoms with Gasteiger partial charge >= 0.3 is 18.1 Å². The largest absolute Gasteiger partial charge is 0.490 e. The molecule has 0 bridgehead atoms. The number of carboxylic acid groups (broad SMARTS) is 2. The number of hydrogen-bond acceptors (Lipinski definition) is 5.